The summed E-state index contributed by atoms with van der Waals surface area (Å²) >= 11 is 0. The third-order valence-electron chi connectivity index (χ3n) is 4.48. The molecule has 0 aliphatic heterocycles. The monoisotopic (exact) mass is 398 g/mol. The number of rotatable bonds is 10. The Labute approximate surface area is 170 Å². The Morgan fingerprint density at radius 1 is 1.17 bits per heavy atom. The van der Waals surface area contributed by atoms with Crippen molar-refractivity contribution in [3.8, 4) is 5.75 Å². The molecule has 1 aromatic heterocycles. The highest BCUT2D eigenvalue weighted by atomic mass is 16.6. The van der Waals surface area contributed by atoms with Crippen molar-refractivity contribution >= 4 is 23.1 Å². The molecule has 7 nitrogen and oxygen atoms in total. The van der Waals surface area contributed by atoms with Gasteiger partial charge in [-0.2, -0.15) is 4.98 Å². The number of oxazole rings is 1. The summed E-state index contributed by atoms with van der Waals surface area (Å²) in [7, 11) is 3.28. The molecule has 0 amide bonds. The molecule has 0 saturated heterocycles. The van der Waals surface area contributed by atoms with Gasteiger partial charge in [0.15, 0.2) is 11.7 Å². The summed E-state index contributed by atoms with van der Waals surface area (Å²) in [5.41, 5.74) is 2.58. The minimum atomic E-state index is -0.596. The van der Waals surface area contributed by atoms with Crippen molar-refractivity contribution in [1.29, 1.82) is 0 Å². The van der Waals surface area contributed by atoms with Crippen molar-refractivity contribution in [3.05, 3.63) is 54.1 Å². The molecule has 1 heterocycles. The maximum atomic E-state index is 11.8. The number of carbonyl (C=O) groups is 1. The van der Waals surface area contributed by atoms with Crippen LogP contribution in [0.4, 0.5) is 6.01 Å². The van der Waals surface area contributed by atoms with Crippen LogP contribution in [0, 0.1) is 0 Å². The number of nitrogens with zero attached hydrogens (tertiary/aromatic N) is 2. The SMILES string of the molecule is CCOC(Cc1ccc(OCCN(C)c2nc3ccccc3o2)cc1)C(=O)OC. The number of likely N-dealkylation sites (N-methyl/N-ethyl adjacent to an activating group) is 1. The van der Waals surface area contributed by atoms with E-state index in [2.05, 4.69) is 4.98 Å². The Bertz CT molecular complexity index is 889. The molecule has 154 valence electrons. The number of carbonyl (C=O) groups excluding carboxylic acids is 1. The van der Waals surface area contributed by atoms with Crippen LogP contribution in [0.3, 0.4) is 0 Å². The molecule has 0 aliphatic rings. The highest BCUT2D eigenvalue weighted by Gasteiger charge is 2.19. The maximum absolute atomic E-state index is 11.8. The van der Waals surface area contributed by atoms with Crippen molar-refractivity contribution in [3.63, 3.8) is 0 Å². The highest BCUT2D eigenvalue weighted by molar-refractivity contribution is 5.75. The molecular formula is C22H26N2O5. The van der Waals surface area contributed by atoms with Crippen LogP contribution in [0.25, 0.3) is 11.1 Å². The van der Waals surface area contributed by atoms with E-state index in [1.807, 2.05) is 67.4 Å². The number of hydrogen-bond acceptors (Lipinski definition) is 7. The molecule has 7 heteroatoms. The van der Waals surface area contributed by atoms with Gasteiger partial charge in [0.25, 0.3) is 6.01 Å². The van der Waals surface area contributed by atoms with Crippen molar-refractivity contribution in [2.75, 3.05) is 38.8 Å². The number of methoxy groups -OCH3 is 1. The van der Waals surface area contributed by atoms with Gasteiger partial charge in [-0.15, -0.1) is 0 Å². The lowest BCUT2D eigenvalue weighted by atomic mass is 10.1. The Balaban J connectivity index is 1.50. The molecule has 0 saturated carbocycles. The summed E-state index contributed by atoms with van der Waals surface area (Å²) < 4.78 is 21.8. The molecule has 0 spiro atoms. The third kappa shape index (κ3) is 5.48. The quantitative estimate of drug-likeness (QED) is 0.484. The lowest BCUT2D eigenvalue weighted by Crippen LogP contribution is -2.28. The van der Waals surface area contributed by atoms with Gasteiger partial charge in [0.2, 0.25) is 0 Å². The normalized spacial score (nSPS) is 12.0. The predicted octanol–water partition coefficient (Wildman–Crippen LogP) is 3.46. The summed E-state index contributed by atoms with van der Waals surface area (Å²) in [6.07, 6.45) is -0.136. The number of aromatic nitrogens is 1. The fourth-order valence-electron chi connectivity index (χ4n) is 2.90. The van der Waals surface area contributed by atoms with Crippen LogP contribution < -0.4 is 9.64 Å². The molecule has 3 aromatic rings. The number of benzene rings is 2. The first-order valence-corrected chi connectivity index (χ1v) is 9.58. The summed E-state index contributed by atoms with van der Waals surface area (Å²) in [4.78, 5) is 18.1. The molecule has 1 unspecified atom stereocenters. The minimum absolute atomic E-state index is 0.366. The number of esters is 1. The number of fused-ring (bicyclic) bond motifs is 1. The number of anilines is 1. The van der Waals surface area contributed by atoms with Crippen LogP contribution in [0.2, 0.25) is 0 Å². The van der Waals surface area contributed by atoms with Crippen LogP contribution in [-0.2, 0) is 20.7 Å². The van der Waals surface area contributed by atoms with E-state index in [4.69, 9.17) is 18.6 Å². The minimum Gasteiger partial charge on any atom is -0.492 e. The Morgan fingerprint density at radius 2 is 1.93 bits per heavy atom. The van der Waals surface area contributed by atoms with Gasteiger partial charge in [0, 0.05) is 20.1 Å². The van der Waals surface area contributed by atoms with Gasteiger partial charge in [0.05, 0.1) is 13.7 Å². The second-order valence-corrected chi connectivity index (χ2v) is 6.55. The van der Waals surface area contributed by atoms with Crippen LogP contribution in [0.15, 0.2) is 52.9 Å². The smallest absolute Gasteiger partial charge is 0.335 e. The Kier molecular flexibility index (Phi) is 7.08. The molecular weight excluding hydrogens is 372 g/mol. The summed E-state index contributed by atoms with van der Waals surface area (Å²) in [6, 6.07) is 15.9. The summed E-state index contributed by atoms with van der Waals surface area (Å²) in [6.45, 7) is 3.42. The van der Waals surface area contributed by atoms with Crippen LogP contribution in [0.5, 0.6) is 5.75 Å². The number of para-hydroxylation sites is 2. The van der Waals surface area contributed by atoms with Gasteiger partial charge in [0.1, 0.15) is 17.9 Å². The first-order valence-electron chi connectivity index (χ1n) is 9.58. The Morgan fingerprint density at radius 3 is 2.62 bits per heavy atom. The lowest BCUT2D eigenvalue weighted by Gasteiger charge is -2.16. The molecule has 29 heavy (non-hydrogen) atoms. The average molecular weight is 398 g/mol. The van der Waals surface area contributed by atoms with Gasteiger partial charge in [-0.25, -0.2) is 4.79 Å². The molecule has 1 atom stereocenters. The second-order valence-electron chi connectivity index (χ2n) is 6.55. The van der Waals surface area contributed by atoms with E-state index in [9.17, 15) is 4.79 Å². The molecule has 0 aliphatic carbocycles. The molecule has 2 aromatic carbocycles. The zero-order valence-corrected chi connectivity index (χ0v) is 17.0. The second kappa shape index (κ2) is 9.93. The molecule has 0 N–H and O–H groups in total. The maximum Gasteiger partial charge on any atom is 0.335 e. The van der Waals surface area contributed by atoms with Gasteiger partial charge in [-0.3, -0.25) is 0 Å². The molecule has 0 fully saturated rings. The van der Waals surface area contributed by atoms with E-state index in [-0.39, 0.29) is 5.97 Å². The number of ether oxygens (including phenoxy) is 3. The standard InChI is InChI=1S/C22H26N2O5/c1-4-27-20(21(25)26-3)15-16-9-11-17(12-10-16)28-14-13-24(2)22-23-18-7-5-6-8-19(18)29-22/h5-12,20H,4,13-15H2,1-3H3. The molecule has 0 radical (unpaired) electrons. The number of hydrogen-bond donors (Lipinski definition) is 0. The first-order chi connectivity index (χ1) is 14.1. The summed E-state index contributed by atoms with van der Waals surface area (Å²) in [5, 5.41) is 0. The van der Waals surface area contributed by atoms with Crippen LogP contribution in [-0.4, -0.2) is 51.0 Å². The van der Waals surface area contributed by atoms with Crippen molar-refractivity contribution in [2.24, 2.45) is 0 Å². The average Bonchev–Trinajstić information content (AvgIpc) is 3.18. The van der Waals surface area contributed by atoms with Gasteiger partial charge >= 0.3 is 5.97 Å². The van der Waals surface area contributed by atoms with E-state index in [1.54, 1.807) is 0 Å². The highest BCUT2D eigenvalue weighted by Crippen LogP contribution is 2.20. The topological polar surface area (TPSA) is 74.0 Å². The zero-order valence-electron chi connectivity index (χ0n) is 17.0. The lowest BCUT2D eigenvalue weighted by molar-refractivity contribution is -0.153. The van der Waals surface area contributed by atoms with E-state index < -0.39 is 6.10 Å². The van der Waals surface area contributed by atoms with Crippen molar-refractivity contribution in [1.82, 2.24) is 4.98 Å². The van der Waals surface area contributed by atoms with Crippen LogP contribution >= 0.6 is 0 Å². The van der Waals surface area contributed by atoms with Gasteiger partial charge < -0.3 is 23.5 Å². The van der Waals surface area contributed by atoms with Crippen molar-refractivity contribution in [2.45, 2.75) is 19.4 Å². The van der Waals surface area contributed by atoms with E-state index >= 15 is 0 Å². The first kappa shape index (κ1) is 20.7. The summed E-state index contributed by atoms with van der Waals surface area (Å²) in [5.74, 6) is 0.389. The van der Waals surface area contributed by atoms with Gasteiger partial charge in [-0.1, -0.05) is 24.3 Å². The zero-order chi connectivity index (χ0) is 20.6. The third-order valence-corrected chi connectivity index (χ3v) is 4.48. The largest absolute Gasteiger partial charge is 0.492 e. The fourth-order valence-corrected chi connectivity index (χ4v) is 2.90. The van der Waals surface area contributed by atoms with Crippen LogP contribution in [0.1, 0.15) is 12.5 Å². The van der Waals surface area contributed by atoms with Gasteiger partial charge in [-0.05, 0) is 36.8 Å². The fraction of sp³-hybridized carbons (Fsp3) is 0.364. The van der Waals surface area contributed by atoms with E-state index in [0.717, 1.165) is 22.4 Å². The molecule has 3 rings (SSSR count). The molecule has 0 bridgehead atoms. The van der Waals surface area contributed by atoms with E-state index in [0.29, 0.717) is 32.2 Å². The Hall–Kier alpha value is -3.06. The van der Waals surface area contributed by atoms with Crippen molar-refractivity contribution < 1.29 is 23.4 Å². The van der Waals surface area contributed by atoms with E-state index in [1.165, 1.54) is 7.11 Å². The predicted molar refractivity (Wildman–Crippen MR) is 110 cm³/mol.